The van der Waals surface area contributed by atoms with E-state index >= 15 is 0 Å². The number of methoxy groups -OCH3 is 2. The number of anilines is 1. The first kappa shape index (κ1) is 21.7. The lowest BCUT2D eigenvalue weighted by Crippen LogP contribution is -2.36. The summed E-state index contributed by atoms with van der Waals surface area (Å²) in [7, 11) is 6.85. The summed E-state index contributed by atoms with van der Waals surface area (Å²) < 4.78 is 11.2. The number of benzene rings is 2. The normalized spacial score (nSPS) is 11.0. The molecule has 30 heavy (non-hydrogen) atoms. The first-order valence-corrected chi connectivity index (χ1v) is 10.3. The molecule has 0 N–H and O–H groups in total. The number of likely N-dealkylation sites (N-methyl/N-ethyl adjacent to an activating group) is 1. The minimum absolute atomic E-state index is 0.177. The third-order valence-electron chi connectivity index (χ3n) is 4.71. The van der Waals surface area contributed by atoms with Crippen molar-refractivity contribution in [3.8, 4) is 5.75 Å². The van der Waals surface area contributed by atoms with Crippen LogP contribution in [0.25, 0.3) is 10.2 Å². The summed E-state index contributed by atoms with van der Waals surface area (Å²) in [4.78, 5) is 33.5. The summed E-state index contributed by atoms with van der Waals surface area (Å²) in [5.74, 6) is 0.0664. The fourth-order valence-electron chi connectivity index (χ4n) is 2.99. The fourth-order valence-corrected chi connectivity index (χ4v) is 4.06. The summed E-state index contributed by atoms with van der Waals surface area (Å²) in [6.07, 6.45) is 0. The number of thiazole rings is 1. The monoisotopic (exact) mass is 427 g/mol. The van der Waals surface area contributed by atoms with Crippen molar-refractivity contribution < 1.29 is 19.1 Å². The van der Waals surface area contributed by atoms with E-state index in [1.54, 1.807) is 36.3 Å². The van der Waals surface area contributed by atoms with Gasteiger partial charge in [-0.3, -0.25) is 9.69 Å². The Morgan fingerprint density at radius 2 is 1.67 bits per heavy atom. The molecule has 7 nitrogen and oxygen atoms in total. The molecule has 0 unspecified atom stereocenters. The molecule has 2 aromatic carbocycles. The van der Waals surface area contributed by atoms with Crippen LogP contribution >= 0.6 is 11.3 Å². The van der Waals surface area contributed by atoms with Gasteiger partial charge in [0.2, 0.25) is 0 Å². The van der Waals surface area contributed by atoms with E-state index in [4.69, 9.17) is 14.5 Å². The summed E-state index contributed by atoms with van der Waals surface area (Å²) in [6, 6.07) is 10.3. The lowest BCUT2D eigenvalue weighted by molar-refractivity contribution is 0.0600. The number of aryl methyl sites for hydroxylation is 1. The van der Waals surface area contributed by atoms with Gasteiger partial charge in [0.25, 0.3) is 5.91 Å². The van der Waals surface area contributed by atoms with E-state index in [2.05, 4.69) is 0 Å². The van der Waals surface area contributed by atoms with E-state index in [1.807, 2.05) is 38.1 Å². The van der Waals surface area contributed by atoms with Gasteiger partial charge in [0.15, 0.2) is 5.13 Å². The van der Waals surface area contributed by atoms with Crippen molar-refractivity contribution in [1.29, 1.82) is 0 Å². The highest BCUT2D eigenvalue weighted by atomic mass is 32.1. The van der Waals surface area contributed by atoms with Gasteiger partial charge in [0.1, 0.15) is 11.3 Å². The lowest BCUT2D eigenvalue weighted by Gasteiger charge is -2.22. The Balaban J connectivity index is 2.00. The summed E-state index contributed by atoms with van der Waals surface area (Å²) in [5.41, 5.74) is 2.71. The van der Waals surface area contributed by atoms with Crippen molar-refractivity contribution in [2.24, 2.45) is 0 Å². The van der Waals surface area contributed by atoms with Crippen LogP contribution < -0.4 is 9.64 Å². The molecule has 0 aliphatic heterocycles. The van der Waals surface area contributed by atoms with E-state index in [9.17, 15) is 9.59 Å². The van der Waals surface area contributed by atoms with Gasteiger partial charge in [-0.25, -0.2) is 9.78 Å². The molecule has 1 heterocycles. The second-order valence-corrected chi connectivity index (χ2v) is 8.07. The predicted molar refractivity (Wildman–Crippen MR) is 119 cm³/mol. The van der Waals surface area contributed by atoms with E-state index in [1.165, 1.54) is 18.4 Å². The first-order valence-electron chi connectivity index (χ1n) is 9.44. The molecule has 8 heteroatoms. The van der Waals surface area contributed by atoms with Crippen molar-refractivity contribution in [3.05, 3.63) is 53.1 Å². The SMILES string of the molecule is COC(=O)c1ccc(C(=O)N(CCN(C)C)c2nc3c(OC)ccc(C)c3s2)cc1. The number of fused-ring (bicyclic) bond motifs is 1. The molecule has 1 amide bonds. The number of carbonyl (C=O) groups excluding carboxylic acids is 2. The number of hydrogen-bond donors (Lipinski definition) is 0. The highest BCUT2D eigenvalue weighted by Crippen LogP contribution is 2.36. The van der Waals surface area contributed by atoms with E-state index in [0.717, 1.165) is 15.8 Å². The summed E-state index contributed by atoms with van der Waals surface area (Å²) in [6.45, 7) is 3.17. The van der Waals surface area contributed by atoms with Crippen LogP contribution in [0.3, 0.4) is 0 Å². The summed E-state index contributed by atoms with van der Waals surface area (Å²) >= 11 is 1.47. The smallest absolute Gasteiger partial charge is 0.337 e. The van der Waals surface area contributed by atoms with Crippen molar-refractivity contribution in [2.75, 3.05) is 46.3 Å². The quantitative estimate of drug-likeness (QED) is 0.537. The van der Waals surface area contributed by atoms with Crippen LogP contribution in [0.1, 0.15) is 26.3 Å². The molecule has 158 valence electrons. The van der Waals surface area contributed by atoms with Crippen molar-refractivity contribution in [1.82, 2.24) is 9.88 Å². The van der Waals surface area contributed by atoms with E-state index < -0.39 is 5.97 Å². The number of nitrogens with zero attached hydrogens (tertiary/aromatic N) is 3. The van der Waals surface area contributed by atoms with Crippen LogP contribution in [0.5, 0.6) is 5.75 Å². The molecular weight excluding hydrogens is 402 g/mol. The van der Waals surface area contributed by atoms with Gasteiger partial charge < -0.3 is 14.4 Å². The maximum absolute atomic E-state index is 13.4. The molecule has 3 aromatic rings. The molecular formula is C22H25N3O4S. The Hall–Kier alpha value is -2.97. The number of carbonyl (C=O) groups is 2. The fraction of sp³-hybridized carbons (Fsp3) is 0.318. The van der Waals surface area contributed by atoms with Crippen LogP contribution in [-0.4, -0.2) is 63.2 Å². The highest BCUT2D eigenvalue weighted by Gasteiger charge is 2.23. The first-order chi connectivity index (χ1) is 14.3. The molecule has 0 bridgehead atoms. The van der Waals surface area contributed by atoms with Crippen LogP contribution in [0.2, 0.25) is 0 Å². The Labute approximate surface area is 179 Å². The number of hydrogen-bond acceptors (Lipinski definition) is 7. The largest absolute Gasteiger partial charge is 0.494 e. The number of esters is 1. The molecule has 0 aliphatic carbocycles. The number of rotatable bonds is 7. The number of amides is 1. The van der Waals surface area contributed by atoms with Crippen LogP contribution in [-0.2, 0) is 4.74 Å². The zero-order valence-corrected chi connectivity index (χ0v) is 18.6. The number of ether oxygens (including phenoxy) is 2. The molecule has 3 rings (SSSR count). The third kappa shape index (κ3) is 4.44. The van der Waals surface area contributed by atoms with Gasteiger partial charge >= 0.3 is 5.97 Å². The Morgan fingerprint density at radius 1 is 1.00 bits per heavy atom. The molecule has 0 spiro atoms. The molecule has 0 fully saturated rings. The zero-order chi connectivity index (χ0) is 21.8. The molecule has 0 saturated carbocycles. The van der Waals surface area contributed by atoms with Gasteiger partial charge in [0.05, 0.1) is 24.5 Å². The van der Waals surface area contributed by atoms with Gasteiger partial charge in [-0.05, 0) is 56.9 Å². The van der Waals surface area contributed by atoms with Crippen molar-refractivity contribution in [3.63, 3.8) is 0 Å². The number of aromatic nitrogens is 1. The van der Waals surface area contributed by atoms with Crippen LogP contribution in [0, 0.1) is 6.92 Å². The molecule has 0 radical (unpaired) electrons. The average molecular weight is 428 g/mol. The molecule has 1 aromatic heterocycles. The van der Waals surface area contributed by atoms with Gasteiger partial charge in [-0.2, -0.15) is 0 Å². The minimum atomic E-state index is -0.438. The maximum atomic E-state index is 13.4. The zero-order valence-electron chi connectivity index (χ0n) is 17.8. The predicted octanol–water partition coefficient (Wildman–Crippen LogP) is 3.61. The standard InChI is InChI=1S/C22H25N3O4S/c1-14-6-11-17(28-4)18-19(14)30-22(23-18)25(13-12-24(2)3)20(26)15-7-9-16(10-8-15)21(27)29-5/h6-11H,12-13H2,1-5H3. The van der Waals surface area contributed by atoms with E-state index in [0.29, 0.717) is 35.1 Å². The second-order valence-electron chi connectivity index (χ2n) is 7.09. The average Bonchev–Trinajstić information content (AvgIpc) is 3.19. The maximum Gasteiger partial charge on any atom is 0.337 e. The second kappa shape index (κ2) is 9.23. The van der Waals surface area contributed by atoms with Gasteiger partial charge in [-0.1, -0.05) is 17.4 Å². The Kier molecular flexibility index (Phi) is 6.69. The third-order valence-corrected chi connectivity index (χ3v) is 5.93. The topological polar surface area (TPSA) is 72.0 Å². The van der Waals surface area contributed by atoms with Crippen molar-refractivity contribution in [2.45, 2.75) is 6.92 Å². The lowest BCUT2D eigenvalue weighted by atomic mass is 10.1. The van der Waals surface area contributed by atoms with E-state index in [-0.39, 0.29) is 5.91 Å². The van der Waals surface area contributed by atoms with Crippen molar-refractivity contribution >= 4 is 38.6 Å². The molecule has 0 atom stereocenters. The molecule has 0 saturated heterocycles. The van der Waals surface area contributed by atoms with Crippen LogP contribution in [0.4, 0.5) is 5.13 Å². The Morgan fingerprint density at radius 3 is 2.27 bits per heavy atom. The van der Waals surface area contributed by atoms with Crippen LogP contribution in [0.15, 0.2) is 36.4 Å². The summed E-state index contributed by atoms with van der Waals surface area (Å²) in [5, 5.41) is 0.612. The minimum Gasteiger partial charge on any atom is -0.494 e. The van der Waals surface area contributed by atoms with Gasteiger partial charge in [0, 0.05) is 18.7 Å². The van der Waals surface area contributed by atoms with Gasteiger partial charge in [-0.15, -0.1) is 0 Å². The highest BCUT2D eigenvalue weighted by molar-refractivity contribution is 7.22. The molecule has 0 aliphatic rings. The Bertz CT molecular complexity index is 1060.